The Hall–Kier alpha value is -0.0800. The van der Waals surface area contributed by atoms with Gasteiger partial charge in [-0.15, -0.1) is 0 Å². The van der Waals surface area contributed by atoms with Crippen LogP contribution in [0.3, 0.4) is 0 Å². The van der Waals surface area contributed by atoms with Gasteiger partial charge in [0.2, 0.25) is 0 Å². The van der Waals surface area contributed by atoms with E-state index in [1.807, 2.05) is 0 Å². The van der Waals surface area contributed by atoms with E-state index in [4.69, 9.17) is 5.73 Å². The molecule has 14 heavy (non-hydrogen) atoms. The quantitative estimate of drug-likeness (QED) is 0.709. The topological polar surface area (TPSA) is 29.3 Å². The molecule has 0 heterocycles. The highest BCUT2D eigenvalue weighted by atomic mass is 15.1. The molecule has 0 spiro atoms. The zero-order valence-electron chi connectivity index (χ0n) is 9.84. The third-order valence-electron chi connectivity index (χ3n) is 3.37. The summed E-state index contributed by atoms with van der Waals surface area (Å²) < 4.78 is 0. The molecule has 2 unspecified atom stereocenters. The molecule has 1 saturated carbocycles. The van der Waals surface area contributed by atoms with E-state index in [-0.39, 0.29) is 0 Å². The summed E-state index contributed by atoms with van der Waals surface area (Å²) in [6, 6.07) is 0.491. The maximum absolute atomic E-state index is 5.92. The van der Waals surface area contributed by atoms with Crippen molar-refractivity contribution >= 4 is 0 Å². The lowest BCUT2D eigenvalue weighted by atomic mass is 10.1. The van der Waals surface area contributed by atoms with Crippen LogP contribution in [-0.4, -0.2) is 30.6 Å². The summed E-state index contributed by atoms with van der Waals surface area (Å²) in [5, 5.41) is 0. The Kier molecular flexibility index (Phi) is 5.49. The summed E-state index contributed by atoms with van der Waals surface area (Å²) in [5.74, 6) is 0.877. The average Bonchev–Trinajstić information content (AvgIpc) is 2.58. The van der Waals surface area contributed by atoms with Crippen LogP contribution >= 0.6 is 0 Å². The maximum atomic E-state index is 5.92. The van der Waals surface area contributed by atoms with Crippen LogP contribution < -0.4 is 5.73 Å². The van der Waals surface area contributed by atoms with Crippen molar-refractivity contribution in [1.29, 1.82) is 0 Å². The number of nitrogens with two attached hydrogens (primary N) is 1. The van der Waals surface area contributed by atoms with Gasteiger partial charge in [0.15, 0.2) is 0 Å². The van der Waals surface area contributed by atoms with E-state index < -0.39 is 0 Å². The third-order valence-corrected chi connectivity index (χ3v) is 3.37. The molecule has 1 fully saturated rings. The van der Waals surface area contributed by atoms with Gasteiger partial charge in [0.25, 0.3) is 0 Å². The fourth-order valence-electron chi connectivity index (χ4n) is 2.40. The molecule has 2 nitrogen and oxygen atoms in total. The lowest BCUT2D eigenvalue weighted by Crippen LogP contribution is -2.30. The molecule has 0 aromatic rings. The third kappa shape index (κ3) is 3.97. The number of rotatable bonds is 6. The Morgan fingerprint density at radius 1 is 1.29 bits per heavy atom. The van der Waals surface area contributed by atoms with Crippen LogP contribution in [0.4, 0.5) is 0 Å². The van der Waals surface area contributed by atoms with Gasteiger partial charge in [0, 0.05) is 12.6 Å². The second-order valence-electron chi connectivity index (χ2n) is 4.69. The van der Waals surface area contributed by atoms with Crippen LogP contribution in [0.15, 0.2) is 0 Å². The number of hydrogen-bond acceptors (Lipinski definition) is 2. The lowest BCUT2D eigenvalue weighted by molar-refractivity contribution is 0.238. The maximum Gasteiger partial charge on any atom is 0.00420 e. The van der Waals surface area contributed by atoms with Gasteiger partial charge in [-0.25, -0.2) is 0 Å². The Labute approximate surface area is 88.8 Å². The van der Waals surface area contributed by atoms with Crippen molar-refractivity contribution in [2.45, 2.75) is 52.0 Å². The second kappa shape index (κ2) is 6.41. The zero-order chi connectivity index (χ0) is 10.4. The predicted molar refractivity (Wildman–Crippen MR) is 62.3 cm³/mol. The predicted octanol–water partition coefficient (Wildman–Crippen LogP) is 2.24. The Morgan fingerprint density at radius 3 is 2.57 bits per heavy atom. The number of unbranched alkanes of at least 4 members (excludes halogenated alkanes) is 1. The van der Waals surface area contributed by atoms with Gasteiger partial charge in [-0.3, -0.25) is 0 Å². The molecule has 0 amide bonds. The van der Waals surface area contributed by atoms with Crippen molar-refractivity contribution in [3.63, 3.8) is 0 Å². The summed E-state index contributed by atoms with van der Waals surface area (Å²) in [5.41, 5.74) is 5.92. The van der Waals surface area contributed by atoms with Crippen molar-refractivity contribution in [2.75, 3.05) is 19.6 Å². The van der Waals surface area contributed by atoms with Gasteiger partial charge in [-0.1, -0.05) is 20.3 Å². The first-order chi connectivity index (χ1) is 6.76. The molecular weight excluding hydrogens is 172 g/mol. The largest absolute Gasteiger partial charge is 0.328 e. The molecule has 1 rings (SSSR count). The normalized spacial score (nSPS) is 27.4. The summed E-state index contributed by atoms with van der Waals surface area (Å²) in [7, 11) is 0. The number of hydrogen-bond donors (Lipinski definition) is 1. The van der Waals surface area contributed by atoms with Gasteiger partial charge in [0.05, 0.1) is 0 Å². The van der Waals surface area contributed by atoms with Gasteiger partial charge in [-0.2, -0.15) is 0 Å². The first-order valence-electron chi connectivity index (χ1n) is 6.24. The van der Waals surface area contributed by atoms with E-state index in [1.165, 1.54) is 51.7 Å². The average molecular weight is 198 g/mol. The molecule has 0 radical (unpaired) electrons. The van der Waals surface area contributed by atoms with E-state index in [2.05, 4.69) is 18.7 Å². The molecule has 1 aliphatic rings. The molecular formula is C12H26N2. The standard InChI is InChI=1S/C12H26N2/c1-3-5-8-14(4-2)10-11-6-7-12(13)9-11/h11-12H,3-10,13H2,1-2H3. The summed E-state index contributed by atoms with van der Waals surface area (Å²) in [4.78, 5) is 2.59. The molecule has 2 heteroatoms. The molecule has 2 N–H and O–H groups in total. The molecule has 0 aliphatic heterocycles. The highest BCUT2D eigenvalue weighted by Gasteiger charge is 2.22. The van der Waals surface area contributed by atoms with Crippen molar-refractivity contribution < 1.29 is 0 Å². The van der Waals surface area contributed by atoms with E-state index in [9.17, 15) is 0 Å². The number of nitrogens with zero attached hydrogens (tertiary/aromatic N) is 1. The molecule has 2 atom stereocenters. The smallest absolute Gasteiger partial charge is 0.00420 e. The molecule has 1 aliphatic carbocycles. The minimum atomic E-state index is 0.491. The minimum Gasteiger partial charge on any atom is -0.328 e. The fourth-order valence-corrected chi connectivity index (χ4v) is 2.40. The second-order valence-corrected chi connectivity index (χ2v) is 4.69. The van der Waals surface area contributed by atoms with Crippen molar-refractivity contribution in [3.8, 4) is 0 Å². The van der Waals surface area contributed by atoms with Crippen LogP contribution in [0.25, 0.3) is 0 Å². The highest BCUT2D eigenvalue weighted by molar-refractivity contribution is 4.79. The van der Waals surface area contributed by atoms with Gasteiger partial charge < -0.3 is 10.6 Å². The van der Waals surface area contributed by atoms with E-state index in [0.29, 0.717) is 6.04 Å². The summed E-state index contributed by atoms with van der Waals surface area (Å²) in [6.07, 6.45) is 6.50. The summed E-state index contributed by atoms with van der Waals surface area (Å²) >= 11 is 0. The van der Waals surface area contributed by atoms with Crippen LogP contribution in [0.5, 0.6) is 0 Å². The van der Waals surface area contributed by atoms with Crippen LogP contribution in [0, 0.1) is 5.92 Å². The van der Waals surface area contributed by atoms with Gasteiger partial charge >= 0.3 is 0 Å². The zero-order valence-corrected chi connectivity index (χ0v) is 9.84. The van der Waals surface area contributed by atoms with E-state index in [1.54, 1.807) is 0 Å². The Morgan fingerprint density at radius 2 is 2.07 bits per heavy atom. The Balaban J connectivity index is 2.19. The molecule has 0 saturated heterocycles. The molecule has 84 valence electrons. The van der Waals surface area contributed by atoms with Gasteiger partial charge in [0.1, 0.15) is 0 Å². The van der Waals surface area contributed by atoms with Crippen LogP contribution in [0.2, 0.25) is 0 Å². The molecule has 0 aromatic heterocycles. The Bertz CT molecular complexity index is 147. The lowest BCUT2D eigenvalue weighted by Gasteiger charge is -2.23. The van der Waals surface area contributed by atoms with E-state index in [0.717, 1.165) is 5.92 Å². The van der Waals surface area contributed by atoms with Crippen molar-refractivity contribution in [2.24, 2.45) is 11.7 Å². The van der Waals surface area contributed by atoms with E-state index >= 15 is 0 Å². The molecule has 0 bridgehead atoms. The summed E-state index contributed by atoms with van der Waals surface area (Å²) in [6.45, 7) is 8.29. The highest BCUT2D eigenvalue weighted by Crippen LogP contribution is 2.24. The van der Waals surface area contributed by atoms with Crippen molar-refractivity contribution in [1.82, 2.24) is 4.90 Å². The first-order valence-corrected chi connectivity index (χ1v) is 6.24. The van der Waals surface area contributed by atoms with Crippen LogP contribution in [0.1, 0.15) is 46.0 Å². The SMILES string of the molecule is CCCCN(CC)CC1CCC(N)C1. The van der Waals surface area contributed by atoms with Crippen molar-refractivity contribution in [3.05, 3.63) is 0 Å². The van der Waals surface area contributed by atoms with Gasteiger partial charge in [-0.05, 0) is 44.7 Å². The monoisotopic (exact) mass is 198 g/mol. The minimum absolute atomic E-state index is 0.491. The first kappa shape index (κ1) is 12.0. The van der Waals surface area contributed by atoms with Crippen LogP contribution in [-0.2, 0) is 0 Å². The fraction of sp³-hybridized carbons (Fsp3) is 1.00. The molecule has 0 aromatic carbocycles.